The van der Waals surface area contributed by atoms with Gasteiger partial charge in [-0.1, -0.05) is 0 Å². The van der Waals surface area contributed by atoms with Gasteiger partial charge < -0.3 is 14.4 Å². The number of nitrogens with zero attached hydrogens (tertiary/aromatic N) is 1. The summed E-state index contributed by atoms with van der Waals surface area (Å²) < 4.78 is 10.9. The molecule has 0 radical (unpaired) electrons. The van der Waals surface area contributed by atoms with Crippen molar-refractivity contribution in [3.63, 3.8) is 0 Å². The number of hydrogen-bond acceptors (Lipinski definition) is 3. The number of hydrogen-bond donors (Lipinski definition) is 0. The Kier molecular flexibility index (Phi) is 3.34. The molecular formula is C14H25NO3. The predicted molar refractivity (Wildman–Crippen MR) is 69.4 cm³/mol. The molecule has 0 N–H and O–H groups in total. The van der Waals surface area contributed by atoms with Gasteiger partial charge in [0.15, 0.2) is 0 Å². The van der Waals surface area contributed by atoms with Gasteiger partial charge in [0, 0.05) is 25.6 Å². The maximum atomic E-state index is 12.1. The first kappa shape index (κ1) is 13.7. The molecule has 2 saturated heterocycles. The summed E-state index contributed by atoms with van der Waals surface area (Å²) in [5, 5.41) is 0. The first-order valence-electron chi connectivity index (χ1n) is 6.76. The van der Waals surface area contributed by atoms with E-state index in [4.69, 9.17) is 9.47 Å². The second-order valence-corrected chi connectivity index (χ2v) is 6.88. The highest BCUT2D eigenvalue weighted by molar-refractivity contribution is 5.68. The van der Waals surface area contributed by atoms with Crippen molar-refractivity contribution < 1.29 is 14.3 Å². The summed E-state index contributed by atoms with van der Waals surface area (Å²) in [6.45, 7) is 9.44. The van der Waals surface area contributed by atoms with Crippen LogP contribution in [0.2, 0.25) is 0 Å². The molecule has 1 saturated carbocycles. The van der Waals surface area contributed by atoms with E-state index in [1.165, 1.54) is 12.8 Å². The lowest BCUT2D eigenvalue weighted by Gasteiger charge is -2.58. The van der Waals surface area contributed by atoms with Gasteiger partial charge in [0.2, 0.25) is 0 Å². The van der Waals surface area contributed by atoms with Gasteiger partial charge in [-0.05, 0) is 46.5 Å². The average Bonchev–Trinajstić information content (AvgIpc) is 2.24. The largest absolute Gasteiger partial charge is 0.444 e. The maximum Gasteiger partial charge on any atom is 0.410 e. The van der Waals surface area contributed by atoms with Crippen molar-refractivity contribution in [2.24, 2.45) is 11.3 Å². The third kappa shape index (κ3) is 2.48. The molecule has 18 heavy (non-hydrogen) atoms. The van der Waals surface area contributed by atoms with Crippen LogP contribution in [0.25, 0.3) is 0 Å². The Bertz CT molecular complexity index is 328. The van der Waals surface area contributed by atoms with E-state index < -0.39 is 5.60 Å². The zero-order valence-electron chi connectivity index (χ0n) is 12.2. The highest BCUT2D eigenvalue weighted by atomic mass is 16.6. The van der Waals surface area contributed by atoms with Crippen molar-refractivity contribution in [3.8, 4) is 0 Å². The molecule has 2 aliphatic heterocycles. The van der Waals surface area contributed by atoms with Crippen LogP contribution in [0.5, 0.6) is 0 Å². The van der Waals surface area contributed by atoms with E-state index in [-0.39, 0.29) is 17.6 Å². The fourth-order valence-corrected chi connectivity index (χ4v) is 3.28. The molecule has 1 unspecified atom stereocenters. The molecule has 0 aromatic rings. The van der Waals surface area contributed by atoms with Gasteiger partial charge in [0.25, 0.3) is 0 Å². The van der Waals surface area contributed by atoms with Crippen LogP contribution in [-0.4, -0.2) is 42.9 Å². The number of carbonyl (C=O) groups excluding carboxylic acids is 1. The standard InChI is InChI=1S/C14H25NO3/c1-10(17-5)14-6-11(7-14)8-15(9-14)12(16)18-13(2,3)4/h10-11H,6-9H2,1-5H3. The van der Waals surface area contributed by atoms with E-state index in [9.17, 15) is 4.79 Å². The summed E-state index contributed by atoms with van der Waals surface area (Å²) in [6, 6.07) is 0. The van der Waals surface area contributed by atoms with E-state index in [0.29, 0.717) is 5.92 Å². The molecule has 0 spiro atoms. The van der Waals surface area contributed by atoms with Gasteiger partial charge in [0.05, 0.1) is 6.10 Å². The normalized spacial score (nSPS) is 32.7. The summed E-state index contributed by atoms with van der Waals surface area (Å²) >= 11 is 0. The minimum atomic E-state index is -0.418. The lowest BCUT2D eigenvalue weighted by atomic mass is 9.56. The van der Waals surface area contributed by atoms with Crippen LogP contribution in [0.15, 0.2) is 0 Å². The second kappa shape index (κ2) is 4.41. The SMILES string of the molecule is COC(C)C12CC(CN(C(=O)OC(C)(C)C)C1)C2. The molecule has 1 aliphatic carbocycles. The van der Waals surface area contributed by atoms with E-state index in [0.717, 1.165) is 13.1 Å². The zero-order valence-corrected chi connectivity index (χ0v) is 12.2. The number of carbonyl (C=O) groups is 1. The highest BCUT2D eigenvalue weighted by Gasteiger charge is 2.54. The van der Waals surface area contributed by atoms with Crippen molar-refractivity contribution in [2.45, 2.75) is 52.2 Å². The number of piperidine rings is 2. The third-order valence-corrected chi connectivity index (χ3v) is 4.24. The molecule has 4 heteroatoms. The fourth-order valence-electron chi connectivity index (χ4n) is 3.28. The van der Waals surface area contributed by atoms with Crippen LogP contribution >= 0.6 is 0 Å². The summed E-state index contributed by atoms with van der Waals surface area (Å²) in [5.74, 6) is 0.629. The Labute approximate surface area is 110 Å². The first-order chi connectivity index (χ1) is 8.26. The number of ether oxygens (including phenoxy) is 2. The molecular weight excluding hydrogens is 230 g/mol. The van der Waals surface area contributed by atoms with Crippen molar-refractivity contribution in [3.05, 3.63) is 0 Å². The monoisotopic (exact) mass is 255 g/mol. The molecule has 1 amide bonds. The van der Waals surface area contributed by atoms with Gasteiger partial charge in [-0.15, -0.1) is 0 Å². The Balaban J connectivity index is 1.99. The van der Waals surface area contributed by atoms with Gasteiger partial charge in [0.1, 0.15) is 5.60 Å². The minimum Gasteiger partial charge on any atom is -0.444 e. The van der Waals surface area contributed by atoms with Crippen molar-refractivity contribution in [1.29, 1.82) is 0 Å². The van der Waals surface area contributed by atoms with Gasteiger partial charge in [-0.25, -0.2) is 4.79 Å². The zero-order chi connectivity index (χ0) is 13.6. The number of amides is 1. The van der Waals surface area contributed by atoms with Gasteiger partial charge in [-0.2, -0.15) is 0 Å². The lowest BCUT2D eigenvalue weighted by Crippen LogP contribution is -2.62. The molecule has 3 aliphatic rings. The van der Waals surface area contributed by atoms with Crippen LogP contribution < -0.4 is 0 Å². The fraction of sp³-hybridized carbons (Fsp3) is 0.929. The molecule has 4 nitrogen and oxygen atoms in total. The van der Waals surface area contributed by atoms with Crippen molar-refractivity contribution >= 4 is 6.09 Å². The number of fused-ring (bicyclic) bond motifs is 2. The summed E-state index contributed by atoms with van der Waals surface area (Å²) in [5.41, 5.74) is -0.257. The van der Waals surface area contributed by atoms with Crippen LogP contribution in [0, 0.1) is 11.3 Å². The molecule has 3 fully saturated rings. The quantitative estimate of drug-likeness (QED) is 0.761. The third-order valence-electron chi connectivity index (χ3n) is 4.24. The maximum absolute atomic E-state index is 12.1. The van der Waals surface area contributed by atoms with E-state index in [1.807, 2.05) is 25.7 Å². The van der Waals surface area contributed by atoms with Crippen LogP contribution in [0.3, 0.4) is 0 Å². The summed E-state index contributed by atoms with van der Waals surface area (Å²) in [6.07, 6.45) is 2.39. The Hall–Kier alpha value is -0.770. The number of rotatable bonds is 2. The topological polar surface area (TPSA) is 38.8 Å². The second-order valence-electron chi connectivity index (χ2n) is 6.88. The molecule has 1 atom stereocenters. The van der Waals surface area contributed by atoms with E-state index in [2.05, 4.69) is 6.92 Å². The predicted octanol–water partition coefficient (Wildman–Crippen LogP) is 2.67. The molecule has 3 rings (SSSR count). The number of methoxy groups -OCH3 is 1. The van der Waals surface area contributed by atoms with E-state index in [1.54, 1.807) is 7.11 Å². The van der Waals surface area contributed by atoms with Crippen LogP contribution in [0.4, 0.5) is 4.79 Å². The van der Waals surface area contributed by atoms with Crippen LogP contribution in [-0.2, 0) is 9.47 Å². The Morgan fingerprint density at radius 3 is 2.50 bits per heavy atom. The van der Waals surface area contributed by atoms with Gasteiger partial charge >= 0.3 is 6.09 Å². The minimum absolute atomic E-state index is 0.161. The van der Waals surface area contributed by atoms with Crippen molar-refractivity contribution in [1.82, 2.24) is 4.90 Å². The molecule has 0 aromatic heterocycles. The van der Waals surface area contributed by atoms with Gasteiger partial charge in [-0.3, -0.25) is 0 Å². The average molecular weight is 255 g/mol. The van der Waals surface area contributed by atoms with E-state index >= 15 is 0 Å². The Morgan fingerprint density at radius 1 is 1.39 bits per heavy atom. The summed E-state index contributed by atoms with van der Waals surface area (Å²) in [4.78, 5) is 14.0. The first-order valence-corrected chi connectivity index (χ1v) is 6.76. The molecule has 104 valence electrons. The Morgan fingerprint density at radius 2 is 2.00 bits per heavy atom. The van der Waals surface area contributed by atoms with Crippen LogP contribution in [0.1, 0.15) is 40.5 Å². The smallest absolute Gasteiger partial charge is 0.410 e. The highest BCUT2D eigenvalue weighted by Crippen LogP contribution is 2.53. The molecule has 0 aromatic carbocycles. The van der Waals surface area contributed by atoms with Crippen molar-refractivity contribution in [2.75, 3.05) is 20.2 Å². The molecule has 2 bridgehead atoms. The molecule has 2 heterocycles. The summed E-state index contributed by atoms with van der Waals surface area (Å²) in [7, 11) is 1.75. The lowest BCUT2D eigenvalue weighted by molar-refractivity contribution is -0.136.